The van der Waals surface area contributed by atoms with E-state index in [0.717, 1.165) is 17.7 Å². The second-order valence-corrected chi connectivity index (χ2v) is 5.11. The predicted molar refractivity (Wildman–Crippen MR) is 72.6 cm³/mol. The van der Waals surface area contributed by atoms with Crippen molar-refractivity contribution in [2.75, 3.05) is 11.9 Å². The largest absolute Gasteiger partial charge is 0.416 e. The Balaban J connectivity index is 2.30. The molecule has 6 heteroatoms. The van der Waals surface area contributed by atoms with Gasteiger partial charge in [-0.3, -0.25) is 0 Å². The van der Waals surface area contributed by atoms with Crippen molar-refractivity contribution in [2.45, 2.75) is 12.7 Å². The summed E-state index contributed by atoms with van der Waals surface area (Å²) >= 11 is 1.55. The molecule has 0 saturated heterocycles. The van der Waals surface area contributed by atoms with Crippen molar-refractivity contribution >= 4 is 17.0 Å². The number of rotatable bonds is 3. The zero-order chi connectivity index (χ0) is 14.8. The van der Waals surface area contributed by atoms with Crippen molar-refractivity contribution in [3.05, 3.63) is 51.7 Å². The lowest BCUT2D eigenvalue weighted by Gasteiger charge is -2.21. The molecule has 0 saturated carbocycles. The summed E-state index contributed by atoms with van der Waals surface area (Å²) in [5.41, 5.74) is 0.771. The predicted octanol–water partition coefficient (Wildman–Crippen LogP) is 4.27. The molecular formula is C14H11F3N2S. The maximum absolute atomic E-state index is 12.6. The Bertz CT molecular complexity index is 627. The molecule has 0 radical (unpaired) electrons. The lowest BCUT2D eigenvalue weighted by molar-refractivity contribution is -0.137. The van der Waals surface area contributed by atoms with Gasteiger partial charge in [-0.25, -0.2) is 0 Å². The topological polar surface area (TPSA) is 27.0 Å². The number of hydrogen-bond acceptors (Lipinski definition) is 3. The van der Waals surface area contributed by atoms with E-state index < -0.39 is 11.7 Å². The molecule has 2 aromatic rings. The third-order valence-electron chi connectivity index (χ3n) is 2.86. The molecule has 1 aromatic heterocycles. The fourth-order valence-electron chi connectivity index (χ4n) is 1.88. The highest BCUT2D eigenvalue weighted by molar-refractivity contribution is 7.07. The number of nitrogens with zero attached hydrogens (tertiary/aromatic N) is 2. The minimum atomic E-state index is -4.43. The molecule has 20 heavy (non-hydrogen) atoms. The summed E-state index contributed by atoms with van der Waals surface area (Å²) in [6.07, 6.45) is -4.43. The first-order valence-corrected chi connectivity index (χ1v) is 6.69. The van der Waals surface area contributed by atoms with Gasteiger partial charge in [0.2, 0.25) is 0 Å². The van der Waals surface area contributed by atoms with E-state index in [1.807, 2.05) is 22.9 Å². The summed E-state index contributed by atoms with van der Waals surface area (Å²) in [5.74, 6) is 0. The number of benzene rings is 1. The summed E-state index contributed by atoms with van der Waals surface area (Å²) in [6.45, 7) is 0.545. The van der Waals surface area contributed by atoms with Crippen molar-refractivity contribution in [2.24, 2.45) is 0 Å². The summed E-state index contributed by atoms with van der Waals surface area (Å²) in [5, 5.41) is 12.9. The van der Waals surface area contributed by atoms with Crippen LogP contribution in [0.15, 0.2) is 35.0 Å². The van der Waals surface area contributed by atoms with Gasteiger partial charge in [0.15, 0.2) is 0 Å². The minimum Gasteiger partial charge on any atom is -0.369 e. The smallest absolute Gasteiger partial charge is 0.369 e. The molecule has 0 fully saturated rings. The van der Waals surface area contributed by atoms with Crippen molar-refractivity contribution in [1.82, 2.24) is 0 Å². The average Bonchev–Trinajstić information content (AvgIpc) is 2.89. The molecule has 0 aliphatic heterocycles. The van der Waals surface area contributed by atoms with Gasteiger partial charge in [-0.2, -0.15) is 29.8 Å². The quantitative estimate of drug-likeness (QED) is 0.845. The van der Waals surface area contributed by atoms with Crippen LogP contribution in [0.5, 0.6) is 0 Å². The number of anilines is 1. The second kappa shape index (κ2) is 5.55. The van der Waals surface area contributed by atoms with E-state index in [-0.39, 0.29) is 5.56 Å². The molecule has 1 aromatic carbocycles. The van der Waals surface area contributed by atoms with Gasteiger partial charge < -0.3 is 4.90 Å². The van der Waals surface area contributed by atoms with Gasteiger partial charge in [-0.1, -0.05) is 0 Å². The Labute approximate surface area is 118 Å². The first-order chi connectivity index (χ1) is 9.41. The number of alkyl halides is 3. The Morgan fingerprint density at radius 1 is 1.30 bits per heavy atom. The third kappa shape index (κ3) is 3.11. The zero-order valence-corrected chi connectivity index (χ0v) is 11.4. The summed E-state index contributed by atoms with van der Waals surface area (Å²) in [7, 11) is 1.75. The van der Waals surface area contributed by atoms with Crippen molar-refractivity contribution in [3.63, 3.8) is 0 Å². The van der Waals surface area contributed by atoms with Crippen LogP contribution in [0.3, 0.4) is 0 Å². The van der Waals surface area contributed by atoms with Gasteiger partial charge in [0, 0.05) is 13.6 Å². The zero-order valence-electron chi connectivity index (χ0n) is 10.6. The van der Waals surface area contributed by atoms with E-state index in [0.29, 0.717) is 12.2 Å². The van der Waals surface area contributed by atoms with Crippen LogP contribution in [0, 0.1) is 11.3 Å². The lowest BCUT2D eigenvalue weighted by atomic mass is 10.1. The van der Waals surface area contributed by atoms with Gasteiger partial charge in [0.1, 0.15) is 6.07 Å². The molecule has 2 rings (SSSR count). The Kier molecular flexibility index (Phi) is 4.00. The summed E-state index contributed by atoms with van der Waals surface area (Å²) < 4.78 is 37.9. The Hall–Kier alpha value is -2.00. The van der Waals surface area contributed by atoms with E-state index in [2.05, 4.69) is 0 Å². The van der Waals surface area contributed by atoms with Crippen LogP contribution < -0.4 is 4.90 Å². The molecule has 1 heterocycles. The molecular weight excluding hydrogens is 285 g/mol. The summed E-state index contributed by atoms with van der Waals surface area (Å²) in [4.78, 5) is 1.76. The van der Waals surface area contributed by atoms with Crippen LogP contribution in [0.2, 0.25) is 0 Å². The van der Waals surface area contributed by atoms with Gasteiger partial charge in [-0.05, 0) is 40.6 Å². The van der Waals surface area contributed by atoms with Crippen LogP contribution in [-0.4, -0.2) is 7.05 Å². The molecule has 0 atom stereocenters. The highest BCUT2D eigenvalue weighted by Gasteiger charge is 2.31. The van der Waals surface area contributed by atoms with Crippen molar-refractivity contribution in [1.29, 1.82) is 5.26 Å². The molecule has 0 aliphatic carbocycles. The first kappa shape index (κ1) is 14.4. The minimum absolute atomic E-state index is 0.0255. The molecule has 0 amide bonds. The standard InChI is InChI=1S/C14H11F3N2S/c1-19(8-10-4-5-20-9-10)13-3-2-12(14(15,16)17)6-11(13)7-18/h2-6,9H,8H2,1H3. The SMILES string of the molecule is CN(Cc1ccsc1)c1ccc(C(F)(F)F)cc1C#N. The van der Waals surface area contributed by atoms with Crippen LogP contribution in [0.4, 0.5) is 18.9 Å². The molecule has 0 spiro atoms. The van der Waals surface area contributed by atoms with Crippen LogP contribution in [0.1, 0.15) is 16.7 Å². The van der Waals surface area contributed by atoms with Gasteiger partial charge in [-0.15, -0.1) is 0 Å². The van der Waals surface area contributed by atoms with E-state index in [1.165, 1.54) is 6.07 Å². The van der Waals surface area contributed by atoms with E-state index in [1.54, 1.807) is 23.3 Å². The van der Waals surface area contributed by atoms with Gasteiger partial charge in [0.05, 0.1) is 16.8 Å². The Morgan fingerprint density at radius 2 is 2.05 bits per heavy atom. The van der Waals surface area contributed by atoms with E-state index >= 15 is 0 Å². The molecule has 0 bridgehead atoms. The number of thiophene rings is 1. The molecule has 0 N–H and O–H groups in total. The number of hydrogen-bond donors (Lipinski definition) is 0. The van der Waals surface area contributed by atoms with E-state index in [9.17, 15) is 13.2 Å². The Morgan fingerprint density at radius 3 is 2.60 bits per heavy atom. The van der Waals surface area contributed by atoms with Crippen LogP contribution in [-0.2, 0) is 12.7 Å². The monoisotopic (exact) mass is 296 g/mol. The highest BCUT2D eigenvalue weighted by Crippen LogP contribution is 2.32. The van der Waals surface area contributed by atoms with Gasteiger partial charge >= 0.3 is 6.18 Å². The van der Waals surface area contributed by atoms with Crippen molar-refractivity contribution < 1.29 is 13.2 Å². The molecule has 104 valence electrons. The maximum atomic E-state index is 12.6. The first-order valence-electron chi connectivity index (χ1n) is 5.75. The second-order valence-electron chi connectivity index (χ2n) is 4.33. The molecule has 0 aliphatic rings. The van der Waals surface area contributed by atoms with E-state index in [4.69, 9.17) is 5.26 Å². The third-order valence-corrected chi connectivity index (χ3v) is 3.59. The van der Waals surface area contributed by atoms with Crippen molar-refractivity contribution in [3.8, 4) is 6.07 Å². The lowest BCUT2D eigenvalue weighted by Crippen LogP contribution is -2.17. The highest BCUT2D eigenvalue weighted by atomic mass is 32.1. The normalized spacial score (nSPS) is 11.2. The summed E-state index contributed by atoms with van der Waals surface area (Å²) in [6, 6.07) is 7.00. The fourth-order valence-corrected chi connectivity index (χ4v) is 2.54. The molecule has 2 nitrogen and oxygen atoms in total. The maximum Gasteiger partial charge on any atom is 0.416 e. The number of nitriles is 1. The van der Waals surface area contributed by atoms with Crippen LogP contribution in [0.25, 0.3) is 0 Å². The molecule has 0 unspecified atom stereocenters. The fraction of sp³-hybridized carbons (Fsp3) is 0.214. The van der Waals surface area contributed by atoms with Crippen LogP contribution >= 0.6 is 11.3 Å². The average molecular weight is 296 g/mol. The van der Waals surface area contributed by atoms with Gasteiger partial charge in [0.25, 0.3) is 0 Å². The number of halogens is 3.